The van der Waals surface area contributed by atoms with Gasteiger partial charge in [-0.15, -0.1) is 0 Å². The predicted octanol–water partition coefficient (Wildman–Crippen LogP) is 0.754. The molecule has 3 heterocycles. The molecule has 0 spiro atoms. The molecule has 162 valence electrons. The third kappa shape index (κ3) is 7.17. The number of urea groups is 1. The molecule has 0 saturated carbocycles. The Morgan fingerprint density at radius 2 is 1.90 bits per heavy atom. The summed E-state index contributed by atoms with van der Waals surface area (Å²) >= 11 is 0. The van der Waals surface area contributed by atoms with E-state index in [0.29, 0.717) is 19.1 Å². The van der Waals surface area contributed by atoms with Gasteiger partial charge in [0, 0.05) is 57.1 Å². The Labute approximate surface area is 171 Å². The minimum Gasteiger partial charge on any atom is -0.483 e. The summed E-state index contributed by atoms with van der Waals surface area (Å²) in [6, 6.07) is 5.87. The quantitative estimate of drug-likeness (QED) is 0.551. The summed E-state index contributed by atoms with van der Waals surface area (Å²) in [5.41, 5.74) is 0.968. The van der Waals surface area contributed by atoms with Crippen LogP contribution in [0.5, 0.6) is 0 Å². The van der Waals surface area contributed by atoms with E-state index >= 15 is 0 Å². The van der Waals surface area contributed by atoms with E-state index in [1.165, 1.54) is 0 Å². The van der Waals surface area contributed by atoms with Gasteiger partial charge in [-0.1, -0.05) is 6.07 Å². The van der Waals surface area contributed by atoms with Crippen molar-refractivity contribution in [3.05, 3.63) is 34.2 Å². The molecule has 29 heavy (non-hydrogen) atoms. The maximum Gasteiger partial charge on any atom is 0.317 e. The highest BCUT2D eigenvalue weighted by molar-refractivity contribution is 5.74. The zero-order chi connectivity index (χ0) is 21.1. The molecule has 0 radical (unpaired) electrons. The summed E-state index contributed by atoms with van der Waals surface area (Å²) in [6.45, 7) is 8.18. The Bertz CT molecular complexity index is 694. The van der Waals surface area contributed by atoms with E-state index in [0.717, 1.165) is 64.3 Å². The standard InChI is InChI=1S/C19H30N4O3.CH2O2/c1-16-4-2-5-18(24)23(16)9-3-8-20-19(25)22-10-6-17(7-11-22)21-12-14-26-15-13-21;2-1-3/h2,4-5,17H,3,6-15H2,1H3,(H,20,25);1H,(H,2,3). The molecule has 2 N–H and O–H groups in total. The molecule has 3 rings (SSSR count). The fourth-order valence-corrected chi connectivity index (χ4v) is 3.83. The number of pyridine rings is 1. The highest BCUT2D eigenvalue weighted by Crippen LogP contribution is 2.17. The molecular weight excluding hydrogens is 376 g/mol. The smallest absolute Gasteiger partial charge is 0.317 e. The van der Waals surface area contributed by atoms with Crippen molar-refractivity contribution in [1.82, 2.24) is 19.7 Å². The van der Waals surface area contributed by atoms with Crippen molar-refractivity contribution >= 4 is 12.5 Å². The van der Waals surface area contributed by atoms with Crippen molar-refractivity contribution in [3.63, 3.8) is 0 Å². The number of likely N-dealkylation sites (tertiary alicyclic amines) is 1. The number of rotatable bonds is 5. The number of aryl methyl sites for hydroxylation is 1. The van der Waals surface area contributed by atoms with E-state index < -0.39 is 0 Å². The predicted molar refractivity (Wildman–Crippen MR) is 109 cm³/mol. The zero-order valence-corrected chi connectivity index (χ0v) is 17.1. The molecule has 2 saturated heterocycles. The van der Waals surface area contributed by atoms with Gasteiger partial charge >= 0.3 is 6.03 Å². The van der Waals surface area contributed by atoms with Gasteiger partial charge in [0.05, 0.1) is 13.2 Å². The number of hydrogen-bond acceptors (Lipinski definition) is 5. The first-order chi connectivity index (χ1) is 14.1. The average molecular weight is 408 g/mol. The summed E-state index contributed by atoms with van der Waals surface area (Å²) in [7, 11) is 0. The van der Waals surface area contributed by atoms with Crippen LogP contribution in [-0.2, 0) is 16.1 Å². The number of hydrogen-bond donors (Lipinski definition) is 2. The first-order valence-corrected chi connectivity index (χ1v) is 10.2. The van der Waals surface area contributed by atoms with Gasteiger partial charge in [-0.2, -0.15) is 0 Å². The van der Waals surface area contributed by atoms with E-state index in [1.807, 2.05) is 17.9 Å². The van der Waals surface area contributed by atoms with Gasteiger partial charge in [0.15, 0.2) is 0 Å². The molecule has 2 aliphatic rings. The van der Waals surface area contributed by atoms with Crippen LogP contribution in [0, 0.1) is 6.92 Å². The SMILES string of the molecule is Cc1cccc(=O)n1CCCNC(=O)N1CCC(N2CCOCC2)CC1.O=CO. The maximum atomic E-state index is 12.3. The number of nitrogens with zero attached hydrogens (tertiary/aromatic N) is 3. The summed E-state index contributed by atoms with van der Waals surface area (Å²) in [5.74, 6) is 0. The Balaban J connectivity index is 0.000000941. The lowest BCUT2D eigenvalue weighted by Gasteiger charge is -2.40. The number of ether oxygens (including phenoxy) is 1. The largest absolute Gasteiger partial charge is 0.483 e. The van der Waals surface area contributed by atoms with Crippen LogP contribution in [0.1, 0.15) is 25.0 Å². The number of carboxylic acid groups (broad SMARTS) is 1. The van der Waals surface area contributed by atoms with E-state index in [4.69, 9.17) is 14.6 Å². The van der Waals surface area contributed by atoms with E-state index in [1.54, 1.807) is 16.7 Å². The lowest BCUT2D eigenvalue weighted by atomic mass is 10.0. The van der Waals surface area contributed by atoms with Crippen LogP contribution in [0.25, 0.3) is 0 Å². The van der Waals surface area contributed by atoms with Crippen LogP contribution in [0.15, 0.2) is 23.0 Å². The van der Waals surface area contributed by atoms with Crippen LogP contribution in [0.4, 0.5) is 4.79 Å². The highest BCUT2D eigenvalue weighted by Gasteiger charge is 2.27. The number of carbonyl (C=O) groups is 2. The molecular formula is C20H32N4O5. The summed E-state index contributed by atoms with van der Waals surface area (Å²) in [4.78, 5) is 36.9. The van der Waals surface area contributed by atoms with Crippen molar-refractivity contribution in [3.8, 4) is 0 Å². The minimum absolute atomic E-state index is 0.0153. The normalized spacial score (nSPS) is 17.9. The Kier molecular flexibility index (Phi) is 9.66. The van der Waals surface area contributed by atoms with Crippen LogP contribution in [-0.4, -0.2) is 84.0 Å². The van der Waals surface area contributed by atoms with Crippen molar-refractivity contribution in [2.75, 3.05) is 45.9 Å². The van der Waals surface area contributed by atoms with Gasteiger partial charge in [0.25, 0.3) is 12.0 Å². The molecule has 2 aliphatic heterocycles. The van der Waals surface area contributed by atoms with E-state index in [2.05, 4.69) is 10.2 Å². The zero-order valence-electron chi connectivity index (χ0n) is 17.1. The van der Waals surface area contributed by atoms with Gasteiger partial charge in [-0.25, -0.2) is 4.79 Å². The molecule has 0 unspecified atom stereocenters. The maximum absolute atomic E-state index is 12.3. The Morgan fingerprint density at radius 1 is 1.24 bits per heavy atom. The van der Waals surface area contributed by atoms with Crippen molar-refractivity contribution < 1.29 is 19.4 Å². The third-order valence-electron chi connectivity index (χ3n) is 5.42. The fraction of sp³-hybridized carbons (Fsp3) is 0.650. The second-order valence-electron chi connectivity index (χ2n) is 7.21. The number of nitrogens with one attached hydrogen (secondary N) is 1. The van der Waals surface area contributed by atoms with E-state index in [-0.39, 0.29) is 18.1 Å². The van der Waals surface area contributed by atoms with Gasteiger partial charge in [-0.3, -0.25) is 14.5 Å². The highest BCUT2D eigenvalue weighted by atomic mass is 16.5. The number of carbonyl (C=O) groups excluding carboxylic acids is 1. The van der Waals surface area contributed by atoms with Crippen LogP contribution >= 0.6 is 0 Å². The van der Waals surface area contributed by atoms with Gasteiger partial charge in [0.2, 0.25) is 0 Å². The lowest BCUT2D eigenvalue weighted by molar-refractivity contribution is -0.122. The summed E-state index contributed by atoms with van der Waals surface area (Å²) < 4.78 is 7.16. The molecule has 9 nitrogen and oxygen atoms in total. The summed E-state index contributed by atoms with van der Waals surface area (Å²) in [6.07, 6.45) is 2.82. The first kappa shape index (κ1) is 22.9. The van der Waals surface area contributed by atoms with Gasteiger partial charge in [0.1, 0.15) is 0 Å². The minimum atomic E-state index is -0.250. The van der Waals surface area contributed by atoms with Crippen LogP contribution < -0.4 is 10.9 Å². The molecule has 1 aromatic rings. The monoisotopic (exact) mass is 408 g/mol. The molecule has 0 aromatic carbocycles. The Hall–Kier alpha value is -2.39. The van der Waals surface area contributed by atoms with Gasteiger partial charge in [-0.05, 0) is 32.3 Å². The second-order valence-corrected chi connectivity index (χ2v) is 7.21. The molecule has 0 bridgehead atoms. The molecule has 2 amide bonds. The molecule has 0 aliphatic carbocycles. The van der Waals surface area contributed by atoms with Crippen LogP contribution in [0.3, 0.4) is 0 Å². The molecule has 1 aromatic heterocycles. The topological polar surface area (TPSA) is 104 Å². The van der Waals surface area contributed by atoms with Crippen molar-refractivity contribution in [2.24, 2.45) is 0 Å². The lowest BCUT2D eigenvalue weighted by Crippen LogP contribution is -2.51. The Morgan fingerprint density at radius 3 is 2.52 bits per heavy atom. The number of amides is 2. The average Bonchev–Trinajstić information content (AvgIpc) is 2.74. The molecule has 9 heteroatoms. The first-order valence-electron chi connectivity index (χ1n) is 10.2. The number of piperidine rings is 1. The second kappa shape index (κ2) is 12.2. The van der Waals surface area contributed by atoms with Crippen molar-refractivity contribution in [2.45, 2.75) is 38.8 Å². The van der Waals surface area contributed by atoms with Gasteiger partial charge < -0.3 is 24.6 Å². The van der Waals surface area contributed by atoms with E-state index in [9.17, 15) is 9.59 Å². The molecule has 2 fully saturated rings. The third-order valence-corrected chi connectivity index (χ3v) is 5.42. The number of aromatic nitrogens is 1. The number of morpholine rings is 1. The molecule has 0 atom stereocenters. The summed E-state index contributed by atoms with van der Waals surface area (Å²) in [5, 5.41) is 9.88. The van der Waals surface area contributed by atoms with Crippen LogP contribution in [0.2, 0.25) is 0 Å². The fourth-order valence-electron chi connectivity index (χ4n) is 3.83. The van der Waals surface area contributed by atoms with Crippen molar-refractivity contribution in [1.29, 1.82) is 0 Å².